The molecular formula is C16H18N4OS. The highest BCUT2D eigenvalue weighted by Crippen LogP contribution is 2.28. The lowest BCUT2D eigenvalue weighted by Crippen LogP contribution is -2.19. The van der Waals surface area contributed by atoms with Gasteiger partial charge < -0.3 is 5.32 Å². The van der Waals surface area contributed by atoms with Crippen molar-refractivity contribution in [2.75, 3.05) is 5.32 Å². The molecule has 0 aliphatic rings. The predicted octanol–water partition coefficient (Wildman–Crippen LogP) is 3.88. The molecule has 3 rings (SSSR count). The maximum atomic E-state index is 12.6. The van der Waals surface area contributed by atoms with Gasteiger partial charge in [0.1, 0.15) is 4.88 Å². The number of nitrogens with one attached hydrogen (secondary N) is 2. The average Bonchev–Trinajstić information content (AvgIpc) is 3.06. The molecule has 0 aliphatic carbocycles. The summed E-state index contributed by atoms with van der Waals surface area (Å²) in [4.78, 5) is 17.6. The monoisotopic (exact) mass is 314 g/mol. The van der Waals surface area contributed by atoms with Crippen molar-refractivity contribution in [3.8, 4) is 0 Å². The molecule has 114 valence electrons. The number of hydrogen-bond donors (Lipinski definition) is 2. The van der Waals surface area contributed by atoms with E-state index in [0.717, 1.165) is 27.8 Å². The van der Waals surface area contributed by atoms with Crippen molar-refractivity contribution in [3.63, 3.8) is 0 Å². The zero-order chi connectivity index (χ0) is 15.9. The Balaban J connectivity index is 1.92. The summed E-state index contributed by atoms with van der Waals surface area (Å²) in [5.41, 5.74) is 5.13. The fraction of sp³-hybridized carbons (Fsp3) is 0.312. The molecule has 2 heterocycles. The minimum absolute atomic E-state index is 0.120. The van der Waals surface area contributed by atoms with E-state index < -0.39 is 0 Å². The summed E-state index contributed by atoms with van der Waals surface area (Å²) in [5, 5.41) is 11.0. The number of aryl methyl sites for hydroxylation is 1. The largest absolute Gasteiger partial charge is 0.321 e. The van der Waals surface area contributed by atoms with Crippen molar-refractivity contribution in [1.82, 2.24) is 15.2 Å². The van der Waals surface area contributed by atoms with Gasteiger partial charge in [0.25, 0.3) is 5.91 Å². The van der Waals surface area contributed by atoms with Crippen molar-refractivity contribution in [1.29, 1.82) is 0 Å². The molecule has 2 aromatic heterocycles. The number of H-pyrrole nitrogens is 1. The van der Waals surface area contributed by atoms with Crippen LogP contribution in [-0.4, -0.2) is 21.1 Å². The summed E-state index contributed by atoms with van der Waals surface area (Å²) in [6.45, 7) is 8.17. The van der Waals surface area contributed by atoms with Gasteiger partial charge in [-0.1, -0.05) is 20.8 Å². The van der Waals surface area contributed by atoms with Crippen LogP contribution in [0.4, 0.5) is 5.69 Å². The summed E-state index contributed by atoms with van der Waals surface area (Å²) in [5.74, 6) is -0.120. The van der Waals surface area contributed by atoms with E-state index in [4.69, 9.17) is 0 Å². The van der Waals surface area contributed by atoms with Crippen molar-refractivity contribution in [2.45, 2.75) is 33.1 Å². The lowest BCUT2D eigenvalue weighted by molar-refractivity contribution is 0.102. The molecule has 5 nitrogen and oxygen atoms in total. The number of nitrogens with zero attached hydrogens (tertiary/aromatic N) is 2. The third-order valence-electron chi connectivity index (χ3n) is 3.51. The van der Waals surface area contributed by atoms with Gasteiger partial charge in [0.2, 0.25) is 0 Å². The Morgan fingerprint density at radius 2 is 2.09 bits per heavy atom. The van der Waals surface area contributed by atoms with Crippen LogP contribution in [0.5, 0.6) is 0 Å². The van der Waals surface area contributed by atoms with E-state index in [0.29, 0.717) is 4.88 Å². The number of thiazole rings is 1. The van der Waals surface area contributed by atoms with Gasteiger partial charge in [0.05, 0.1) is 22.9 Å². The van der Waals surface area contributed by atoms with Crippen molar-refractivity contribution in [2.24, 2.45) is 0 Å². The van der Waals surface area contributed by atoms with Crippen molar-refractivity contribution in [3.05, 3.63) is 40.0 Å². The number of benzene rings is 1. The standard InChI is InChI=1S/C16H18N4OS/c1-9-5-10(6-12-11(9)7-18-20-12)19-15(21)13-14(16(2,3)4)17-8-22-13/h5-8H,1-4H3,(H,18,20)(H,19,21). The fourth-order valence-corrected chi connectivity index (χ4v) is 3.32. The van der Waals surface area contributed by atoms with E-state index in [1.807, 2.05) is 19.1 Å². The molecule has 1 aromatic carbocycles. The molecule has 2 N–H and O–H groups in total. The normalized spacial score (nSPS) is 11.8. The van der Waals surface area contributed by atoms with E-state index >= 15 is 0 Å². The number of amides is 1. The van der Waals surface area contributed by atoms with Gasteiger partial charge in [-0.2, -0.15) is 5.10 Å². The number of hydrogen-bond acceptors (Lipinski definition) is 4. The first kappa shape index (κ1) is 14.7. The number of carbonyl (C=O) groups is 1. The van der Waals surface area contributed by atoms with Crippen LogP contribution in [0.2, 0.25) is 0 Å². The van der Waals surface area contributed by atoms with Crippen LogP contribution in [0.15, 0.2) is 23.8 Å². The van der Waals surface area contributed by atoms with Crippen LogP contribution in [0.25, 0.3) is 10.9 Å². The summed E-state index contributed by atoms with van der Waals surface area (Å²) < 4.78 is 0. The third-order valence-corrected chi connectivity index (χ3v) is 4.33. The van der Waals surface area contributed by atoms with E-state index in [-0.39, 0.29) is 11.3 Å². The SMILES string of the molecule is Cc1cc(NC(=O)c2scnc2C(C)(C)C)cc2[nH]ncc12. The summed E-state index contributed by atoms with van der Waals surface area (Å²) in [7, 11) is 0. The highest BCUT2D eigenvalue weighted by molar-refractivity contribution is 7.12. The van der Waals surface area contributed by atoms with E-state index in [2.05, 4.69) is 41.3 Å². The smallest absolute Gasteiger partial charge is 0.267 e. The summed E-state index contributed by atoms with van der Waals surface area (Å²) >= 11 is 1.37. The molecule has 0 bridgehead atoms. The Morgan fingerprint density at radius 1 is 1.32 bits per heavy atom. The lowest BCUT2D eigenvalue weighted by Gasteiger charge is -2.17. The van der Waals surface area contributed by atoms with Gasteiger partial charge in [-0.15, -0.1) is 11.3 Å². The predicted molar refractivity (Wildman–Crippen MR) is 89.6 cm³/mol. The molecule has 22 heavy (non-hydrogen) atoms. The van der Waals surface area contributed by atoms with Crippen LogP contribution >= 0.6 is 11.3 Å². The van der Waals surface area contributed by atoms with Gasteiger partial charge in [0.15, 0.2) is 0 Å². The Kier molecular flexibility index (Phi) is 3.48. The van der Waals surface area contributed by atoms with E-state index in [9.17, 15) is 4.79 Å². The van der Waals surface area contributed by atoms with Gasteiger partial charge >= 0.3 is 0 Å². The van der Waals surface area contributed by atoms with Crippen LogP contribution in [0.1, 0.15) is 41.7 Å². The Morgan fingerprint density at radius 3 is 2.82 bits per heavy atom. The molecule has 0 radical (unpaired) electrons. The van der Waals surface area contributed by atoms with Gasteiger partial charge in [-0.25, -0.2) is 4.98 Å². The maximum absolute atomic E-state index is 12.6. The Hall–Kier alpha value is -2.21. The number of fused-ring (bicyclic) bond motifs is 1. The second-order valence-electron chi connectivity index (χ2n) is 6.36. The minimum Gasteiger partial charge on any atom is -0.321 e. The number of anilines is 1. The molecule has 1 amide bonds. The first-order valence-electron chi connectivity index (χ1n) is 7.05. The first-order valence-corrected chi connectivity index (χ1v) is 7.93. The number of carbonyl (C=O) groups excluding carboxylic acids is 1. The first-order chi connectivity index (χ1) is 10.4. The molecule has 0 spiro atoms. The molecule has 0 unspecified atom stereocenters. The van der Waals surface area contributed by atoms with E-state index in [1.54, 1.807) is 11.7 Å². The molecule has 0 saturated carbocycles. The zero-order valence-corrected chi connectivity index (χ0v) is 13.8. The summed E-state index contributed by atoms with van der Waals surface area (Å²) in [6.07, 6.45) is 1.79. The second kappa shape index (κ2) is 5.21. The van der Waals surface area contributed by atoms with Gasteiger partial charge in [-0.3, -0.25) is 9.89 Å². The molecule has 0 atom stereocenters. The quantitative estimate of drug-likeness (QED) is 0.754. The third kappa shape index (κ3) is 2.62. The molecule has 0 saturated heterocycles. The molecule has 0 fully saturated rings. The van der Waals surface area contributed by atoms with Crippen molar-refractivity contribution < 1.29 is 4.79 Å². The van der Waals surface area contributed by atoms with Crippen LogP contribution in [-0.2, 0) is 5.41 Å². The van der Waals surface area contributed by atoms with Crippen molar-refractivity contribution >= 4 is 33.8 Å². The molecular weight excluding hydrogens is 296 g/mol. The number of rotatable bonds is 2. The molecule has 6 heteroatoms. The lowest BCUT2D eigenvalue weighted by atomic mass is 9.91. The van der Waals surface area contributed by atoms with Gasteiger partial charge in [-0.05, 0) is 24.6 Å². The second-order valence-corrected chi connectivity index (χ2v) is 7.21. The van der Waals surface area contributed by atoms with Crippen LogP contribution in [0, 0.1) is 6.92 Å². The van der Waals surface area contributed by atoms with Crippen LogP contribution in [0.3, 0.4) is 0 Å². The Labute approximate surface area is 132 Å². The number of aromatic amines is 1. The Bertz CT molecular complexity index is 841. The highest BCUT2D eigenvalue weighted by atomic mass is 32.1. The van der Waals surface area contributed by atoms with E-state index in [1.165, 1.54) is 11.3 Å². The molecule has 0 aliphatic heterocycles. The zero-order valence-electron chi connectivity index (χ0n) is 13.0. The molecule has 3 aromatic rings. The van der Waals surface area contributed by atoms with Gasteiger partial charge in [0, 0.05) is 16.5 Å². The fourth-order valence-electron chi connectivity index (χ4n) is 2.43. The maximum Gasteiger partial charge on any atom is 0.267 e. The number of aromatic nitrogens is 3. The average molecular weight is 314 g/mol. The highest BCUT2D eigenvalue weighted by Gasteiger charge is 2.25. The summed E-state index contributed by atoms with van der Waals surface area (Å²) in [6, 6.07) is 3.85. The topological polar surface area (TPSA) is 70.7 Å². The minimum atomic E-state index is -0.157. The van der Waals surface area contributed by atoms with Crippen LogP contribution < -0.4 is 5.32 Å².